The topological polar surface area (TPSA) is 101 Å². The fourth-order valence-electron chi connectivity index (χ4n) is 1.26. The van der Waals surface area contributed by atoms with Crippen LogP contribution in [-0.2, 0) is 11.2 Å². The van der Waals surface area contributed by atoms with Gasteiger partial charge >= 0.3 is 6.03 Å². The second-order valence-corrected chi connectivity index (χ2v) is 4.08. The third kappa shape index (κ3) is 2.04. The first kappa shape index (κ1) is 9.84. The van der Waals surface area contributed by atoms with Gasteiger partial charge in [0.25, 0.3) is 0 Å². The zero-order valence-corrected chi connectivity index (χ0v) is 8.58. The summed E-state index contributed by atoms with van der Waals surface area (Å²) < 4.78 is 0. The number of anilines is 1. The molecule has 2 rings (SSSR count). The second-order valence-electron chi connectivity index (χ2n) is 2.99. The number of carbonyl (C=O) groups is 2. The van der Waals surface area contributed by atoms with E-state index in [1.165, 1.54) is 11.3 Å². The Balaban J connectivity index is 1.93. The Bertz CT molecular complexity index is 388. The second kappa shape index (κ2) is 3.81. The van der Waals surface area contributed by atoms with Gasteiger partial charge in [0, 0.05) is 13.0 Å². The highest BCUT2D eigenvalue weighted by Gasteiger charge is 2.27. The molecular weight excluding hydrogens is 218 g/mol. The number of hydrogen-bond donors (Lipinski definition) is 2. The van der Waals surface area contributed by atoms with Crippen molar-refractivity contribution in [3.63, 3.8) is 0 Å². The smallest absolute Gasteiger partial charge is 0.324 e. The molecule has 80 valence electrons. The van der Waals surface area contributed by atoms with E-state index in [0.29, 0.717) is 18.1 Å². The van der Waals surface area contributed by atoms with Crippen LogP contribution in [0.1, 0.15) is 5.01 Å². The third-order valence-electron chi connectivity index (χ3n) is 1.97. The van der Waals surface area contributed by atoms with Gasteiger partial charge in [-0.15, -0.1) is 10.2 Å². The van der Waals surface area contributed by atoms with Crippen LogP contribution < -0.4 is 11.1 Å². The van der Waals surface area contributed by atoms with Crippen molar-refractivity contribution in [2.24, 2.45) is 0 Å². The van der Waals surface area contributed by atoms with E-state index in [1.807, 2.05) is 0 Å². The molecule has 0 bridgehead atoms. The first-order valence-corrected chi connectivity index (χ1v) is 5.14. The van der Waals surface area contributed by atoms with Crippen molar-refractivity contribution in [1.29, 1.82) is 0 Å². The van der Waals surface area contributed by atoms with Crippen LogP contribution in [0.25, 0.3) is 0 Å². The highest BCUT2D eigenvalue weighted by molar-refractivity contribution is 7.15. The molecular formula is C7H9N5O2S. The molecule has 1 fully saturated rings. The molecule has 3 amide bonds. The summed E-state index contributed by atoms with van der Waals surface area (Å²) >= 11 is 1.26. The van der Waals surface area contributed by atoms with Gasteiger partial charge in [-0.1, -0.05) is 11.3 Å². The lowest BCUT2D eigenvalue weighted by molar-refractivity contribution is -0.124. The molecule has 0 atom stereocenters. The molecule has 1 aromatic rings. The Labute approximate surface area is 89.3 Å². The van der Waals surface area contributed by atoms with E-state index in [-0.39, 0.29) is 18.5 Å². The van der Waals surface area contributed by atoms with Crippen molar-refractivity contribution in [2.45, 2.75) is 6.42 Å². The summed E-state index contributed by atoms with van der Waals surface area (Å²) in [6.45, 7) is 0.399. The van der Waals surface area contributed by atoms with Crippen LogP contribution in [0.2, 0.25) is 0 Å². The molecule has 1 aliphatic heterocycles. The Kier molecular flexibility index (Phi) is 2.50. The van der Waals surface area contributed by atoms with E-state index >= 15 is 0 Å². The summed E-state index contributed by atoms with van der Waals surface area (Å²) in [4.78, 5) is 23.5. The normalized spacial score (nSPS) is 15.9. The van der Waals surface area contributed by atoms with Gasteiger partial charge in [0.1, 0.15) is 5.01 Å². The van der Waals surface area contributed by atoms with Crippen LogP contribution in [0.3, 0.4) is 0 Å². The number of urea groups is 1. The molecule has 0 unspecified atom stereocenters. The van der Waals surface area contributed by atoms with Crippen molar-refractivity contribution in [3.05, 3.63) is 5.01 Å². The molecule has 8 heteroatoms. The maximum atomic E-state index is 11.2. The standard InChI is InChI=1S/C7H9N5O2S/c8-6-11-10-4(15-6)1-2-12-5(13)3-9-7(12)14/h1-3H2,(H2,8,11)(H,9,14). The van der Waals surface area contributed by atoms with Crippen LogP contribution in [0.4, 0.5) is 9.93 Å². The molecule has 15 heavy (non-hydrogen) atoms. The molecule has 0 saturated carbocycles. The fraction of sp³-hybridized carbons (Fsp3) is 0.429. The van der Waals surface area contributed by atoms with Crippen LogP contribution in [0, 0.1) is 0 Å². The number of nitrogen functional groups attached to an aromatic ring is 1. The lowest BCUT2D eigenvalue weighted by Crippen LogP contribution is -2.32. The number of carbonyl (C=O) groups excluding carboxylic acids is 2. The van der Waals surface area contributed by atoms with Crippen molar-refractivity contribution in [2.75, 3.05) is 18.8 Å². The molecule has 0 aromatic carbocycles. The van der Waals surface area contributed by atoms with Gasteiger partial charge < -0.3 is 11.1 Å². The van der Waals surface area contributed by atoms with Gasteiger partial charge in [-0.2, -0.15) is 0 Å². The molecule has 1 aliphatic rings. The highest BCUT2D eigenvalue weighted by Crippen LogP contribution is 2.12. The van der Waals surface area contributed by atoms with Gasteiger partial charge in [-0.05, 0) is 0 Å². The lowest BCUT2D eigenvalue weighted by Gasteiger charge is -2.09. The molecule has 0 aliphatic carbocycles. The zero-order valence-electron chi connectivity index (χ0n) is 7.77. The number of hydrogen-bond acceptors (Lipinski definition) is 6. The minimum absolute atomic E-state index is 0.0804. The van der Waals surface area contributed by atoms with Crippen molar-refractivity contribution in [3.8, 4) is 0 Å². The number of rotatable bonds is 3. The monoisotopic (exact) mass is 227 g/mol. The molecule has 0 radical (unpaired) electrons. The minimum atomic E-state index is -0.350. The van der Waals surface area contributed by atoms with E-state index in [9.17, 15) is 9.59 Å². The summed E-state index contributed by atoms with van der Waals surface area (Å²) in [6.07, 6.45) is 0.494. The van der Waals surface area contributed by atoms with Gasteiger partial charge in [0.2, 0.25) is 11.0 Å². The number of aromatic nitrogens is 2. The minimum Gasteiger partial charge on any atom is -0.374 e. The molecule has 0 spiro atoms. The lowest BCUT2D eigenvalue weighted by atomic mass is 10.4. The number of nitrogens with one attached hydrogen (secondary N) is 1. The summed E-state index contributed by atoms with van der Waals surface area (Å²) in [5, 5.41) is 11.0. The van der Waals surface area contributed by atoms with E-state index in [2.05, 4.69) is 15.5 Å². The predicted octanol–water partition coefficient (Wildman–Crippen LogP) is -0.785. The van der Waals surface area contributed by atoms with E-state index in [1.54, 1.807) is 0 Å². The summed E-state index contributed by atoms with van der Waals surface area (Å²) in [7, 11) is 0. The van der Waals surface area contributed by atoms with E-state index in [4.69, 9.17) is 5.73 Å². The van der Waals surface area contributed by atoms with Crippen molar-refractivity contribution >= 4 is 28.4 Å². The molecule has 1 saturated heterocycles. The summed E-state index contributed by atoms with van der Waals surface area (Å²) in [5.74, 6) is -0.211. The quantitative estimate of drug-likeness (QED) is 0.659. The number of amides is 3. The van der Waals surface area contributed by atoms with Crippen LogP contribution in [-0.4, -0.2) is 40.1 Å². The maximum Gasteiger partial charge on any atom is 0.324 e. The van der Waals surface area contributed by atoms with E-state index < -0.39 is 0 Å². The molecule has 1 aromatic heterocycles. The van der Waals surface area contributed by atoms with Gasteiger partial charge in [0.15, 0.2) is 0 Å². The summed E-state index contributed by atoms with van der Waals surface area (Å²) in [6, 6.07) is -0.350. The van der Waals surface area contributed by atoms with Gasteiger partial charge in [-0.3, -0.25) is 9.69 Å². The Hall–Kier alpha value is -1.70. The van der Waals surface area contributed by atoms with Crippen LogP contribution >= 0.6 is 11.3 Å². The number of imide groups is 1. The average Bonchev–Trinajstić information content (AvgIpc) is 2.73. The van der Waals surface area contributed by atoms with E-state index in [0.717, 1.165) is 9.91 Å². The molecule has 2 heterocycles. The average molecular weight is 227 g/mol. The molecule has 3 N–H and O–H groups in total. The van der Waals surface area contributed by atoms with Crippen LogP contribution in [0.15, 0.2) is 0 Å². The number of nitrogens with two attached hydrogens (primary N) is 1. The largest absolute Gasteiger partial charge is 0.374 e. The Morgan fingerprint density at radius 1 is 1.47 bits per heavy atom. The summed E-state index contributed by atoms with van der Waals surface area (Å²) in [5.41, 5.74) is 5.40. The number of nitrogens with zero attached hydrogens (tertiary/aromatic N) is 3. The molecule has 7 nitrogen and oxygen atoms in total. The van der Waals surface area contributed by atoms with Crippen molar-refractivity contribution in [1.82, 2.24) is 20.4 Å². The third-order valence-corrected chi connectivity index (χ3v) is 2.78. The first-order chi connectivity index (χ1) is 7.16. The Morgan fingerprint density at radius 2 is 2.27 bits per heavy atom. The van der Waals surface area contributed by atoms with Crippen LogP contribution in [0.5, 0.6) is 0 Å². The SMILES string of the molecule is Nc1nnc(CCN2C(=O)CNC2=O)s1. The van der Waals surface area contributed by atoms with Gasteiger partial charge in [-0.25, -0.2) is 4.79 Å². The maximum absolute atomic E-state index is 11.2. The van der Waals surface area contributed by atoms with Crippen molar-refractivity contribution < 1.29 is 9.59 Å². The fourth-order valence-corrected chi connectivity index (χ4v) is 1.85. The highest BCUT2D eigenvalue weighted by atomic mass is 32.1. The predicted molar refractivity (Wildman–Crippen MR) is 53.1 cm³/mol. The zero-order chi connectivity index (χ0) is 10.8. The van der Waals surface area contributed by atoms with Gasteiger partial charge in [0.05, 0.1) is 6.54 Å². The first-order valence-electron chi connectivity index (χ1n) is 4.33. The Morgan fingerprint density at radius 3 is 2.80 bits per heavy atom.